The second-order valence-corrected chi connectivity index (χ2v) is 7.14. The van der Waals surface area contributed by atoms with Crippen LogP contribution in [0.2, 0.25) is 0 Å². The fraction of sp³-hybridized carbons (Fsp3) is 0.632. The molecule has 1 aromatic carbocycles. The molecule has 3 unspecified atom stereocenters. The fourth-order valence-electron chi connectivity index (χ4n) is 3.84. The Kier molecular flexibility index (Phi) is 6.07. The Morgan fingerprint density at radius 2 is 2.08 bits per heavy atom. The Bertz CT molecular complexity index is 604. The zero-order valence-corrected chi connectivity index (χ0v) is 15.3. The van der Waals surface area contributed by atoms with Crippen molar-refractivity contribution in [1.29, 1.82) is 0 Å². The van der Waals surface area contributed by atoms with Crippen molar-refractivity contribution in [2.24, 2.45) is 11.8 Å². The van der Waals surface area contributed by atoms with Crippen molar-refractivity contribution in [3.63, 3.8) is 0 Å². The molecule has 3 aliphatic rings. The first-order valence-corrected chi connectivity index (χ1v) is 9.19. The number of fused-ring (bicyclic) bond motifs is 1. The lowest BCUT2D eigenvalue weighted by atomic mass is 9.96. The van der Waals surface area contributed by atoms with Crippen molar-refractivity contribution in [2.45, 2.75) is 31.6 Å². The number of rotatable bonds is 5. The van der Waals surface area contributed by atoms with Gasteiger partial charge in [0.2, 0.25) is 5.91 Å². The molecule has 1 saturated carbocycles. The Morgan fingerprint density at radius 3 is 2.88 bits per heavy atom. The highest BCUT2D eigenvalue weighted by Crippen LogP contribution is 2.49. The van der Waals surface area contributed by atoms with Gasteiger partial charge in [-0.3, -0.25) is 4.79 Å². The minimum absolute atomic E-state index is 0. The second-order valence-electron chi connectivity index (χ2n) is 7.14. The second kappa shape index (κ2) is 8.28. The van der Waals surface area contributed by atoms with Crippen molar-refractivity contribution < 1.29 is 14.3 Å². The van der Waals surface area contributed by atoms with Crippen LogP contribution in [0.4, 0.5) is 0 Å². The summed E-state index contributed by atoms with van der Waals surface area (Å²) < 4.78 is 11.2. The number of hydrogen-bond donors (Lipinski definition) is 2. The van der Waals surface area contributed by atoms with E-state index in [0.29, 0.717) is 25.0 Å². The van der Waals surface area contributed by atoms with Gasteiger partial charge < -0.3 is 20.1 Å². The summed E-state index contributed by atoms with van der Waals surface area (Å²) in [6, 6.07) is 6.08. The molecule has 0 aromatic heterocycles. The van der Waals surface area contributed by atoms with Gasteiger partial charge in [-0.1, -0.05) is 6.07 Å². The first-order chi connectivity index (χ1) is 11.8. The minimum Gasteiger partial charge on any atom is -0.486 e. The van der Waals surface area contributed by atoms with Gasteiger partial charge in [0.15, 0.2) is 11.5 Å². The van der Waals surface area contributed by atoms with Crippen molar-refractivity contribution in [2.75, 3.05) is 32.8 Å². The first-order valence-electron chi connectivity index (χ1n) is 9.19. The van der Waals surface area contributed by atoms with E-state index in [1.54, 1.807) is 0 Å². The van der Waals surface area contributed by atoms with Crippen molar-refractivity contribution in [1.82, 2.24) is 10.6 Å². The maximum absolute atomic E-state index is 12.3. The van der Waals surface area contributed by atoms with Crippen molar-refractivity contribution in [3.8, 4) is 11.5 Å². The van der Waals surface area contributed by atoms with Crippen LogP contribution in [0.3, 0.4) is 0 Å². The van der Waals surface area contributed by atoms with Crippen LogP contribution in [0.25, 0.3) is 0 Å². The van der Waals surface area contributed by atoms with Gasteiger partial charge in [-0.15, -0.1) is 12.4 Å². The zero-order chi connectivity index (χ0) is 16.4. The number of halogens is 1. The largest absolute Gasteiger partial charge is 0.486 e. The molecule has 0 spiro atoms. The molecule has 138 valence electrons. The van der Waals surface area contributed by atoms with Crippen LogP contribution < -0.4 is 20.1 Å². The predicted octanol–water partition coefficient (Wildman–Crippen LogP) is 2.49. The Balaban J connectivity index is 0.00000182. The molecular formula is C19H27ClN2O3. The van der Waals surface area contributed by atoms with Gasteiger partial charge in [0.25, 0.3) is 0 Å². The van der Waals surface area contributed by atoms with Crippen molar-refractivity contribution >= 4 is 18.3 Å². The van der Waals surface area contributed by atoms with E-state index in [1.165, 1.54) is 18.4 Å². The molecule has 2 aliphatic heterocycles. The molecule has 5 nitrogen and oxygen atoms in total. The maximum Gasteiger partial charge on any atom is 0.223 e. The molecule has 1 saturated heterocycles. The quantitative estimate of drug-likeness (QED) is 0.840. The van der Waals surface area contributed by atoms with Gasteiger partial charge in [-0.05, 0) is 68.3 Å². The summed E-state index contributed by atoms with van der Waals surface area (Å²) >= 11 is 0. The predicted molar refractivity (Wildman–Crippen MR) is 98.7 cm³/mol. The highest BCUT2D eigenvalue weighted by atomic mass is 35.5. The third-order valence-corrected chi connectivity index (χ3v) is 5.37. The van der Waals surface area contributed by atoms with E-state index in [1.807, 2.05) is 12.1 Å². The molecule has 0 bridgehead atoms. The SMILES string of the molecule is Cl.O=C(NCCC1CCCNC1)C1CC1c1ccc2c(c1)OCCO2. The average molecular weight is 367 g/mol. The highest BCUT2D eigenvalue weighted by molar-refractivity contribution is 5.85. The standard InChI is InChI=1S/C19H26N2O3.ClH/c22-19(21-7-5-13-2-1-6-20-12-13)16-11-15(16)14-3-4-17-18(10-14)24-9-8-23-17;/h3-4,10,13,15-16,20H,1-2,5-9,11-12H2,(H,21,22);1H. The summed E-state index contributed by atoms with van der Waals surface area (Å²) in [5.41, 5.74) is 1.19. The fourth-order valence-corrected chi connectivity index (χ4v) is 3.84. The molecule has 2 N–H and O–H groups in total. The number of nitrogens with one attached hydrogen (secondary N) is 2. The van der Waals surface area contributed by atoms with E-state index in [9.17, 15) is 4.79 Å². The summed E-state index contributed by atoms with van der Waals surface area (Å²) in [4.78, 5) is 12.3. The highest BCUT2D eigenvalue weighted by Gasteiger charge is 2.44. The van der Waals surface area contributed by atoms with E-state index >= 15 is 0 Å². The van der Waals surface area contributed by atoms with E-state index in [0.717, 1.165) is 44.0 Å². The molecule has 2 heterocycles. The molecule has 3 atom stereocenters. The lowest BCUT2D eigenvalue weighted by Crippen LogP contribution is -2.33. The van der Waals surface area contributed by atoms with E-state index in [4.69, 9.17) is 9.47 Å². The third-order valence-electron chi connectivity index (χ3n) is 5.37. The molecular weight excluding hydrogens is 340 g/mol. The smallest absolute Gasteiger partial charge is 0.223 e. The Hall–Kier alpha value is -1.46. The van der Waals surface area contributed by atoms with Crippen LogP contribution in [-0.2, 0) is 4.79 Å². The number of carbonyl (C=O) groups excluding carboxylic acids is 1. The van der Waals surface area contributed by atoms with Crippen LogP contribution in [0.1, 0.15) is 37.2 Å². The number of ether oxygens (including phenoxy) is 2. The van der Waals surface area contributed by atoms with Crippen LogP contribution in [-0.4, -0.2) is 38.8 Å². The van der Waals surface area contributed by atoms with Gasteiger partial charge in [-0.25, -0.2) is 0 Å². The number of benzene rings is 1. The topological polar surface area (TPSA) is 59.6 Å². The monoisotopic (exact) mass is 366 g/mol. The van der Waals surface area contributed by atoms with Gasteiger partial charge in [-0.2, -0.15) is 0 Å². The molecule has 1 aromatic rings. The number of amides is 1. The van der Waals surface area contributed by atoms with Crippen LogP contribution >= 0.6 is 12.4 Å². The summed E-state index contributed by atoms with van der Waals surface area (Å²) in [5.74, 6) is 3.00. The summed E-state index contributed by atoms with van der Waals surface area (Å²) in [6.45, 7) is 4.25. The Morgan fingerprint density at radius 1 is 1.24 bits per heavy atom. The number of carbonyl (C=O) groups is 1. The lowest BCUT2D eigenvalue weighted by molar-refractivity contribution is -0.122. The van der Waals surface area contributed by atoms with Gasteiger partial charge in [0.05, 0.1) is 0 Å². The molecule has 1 aliphatic carbocycles. The summed E-state index contributed by atoms with van der Waals surface area (Å²) in [5, 5.41) is 6.56. The van der Waals surface area contributed by atoms with Gasteiger partial charge >= 0.3 is 0 Å². The van der Waals surface area contributed by atoms with E-state index in [2.05, 4.69) is 16.7 Å². The summed E-state index contributed by atoms with van der Waals surface area (Å²) in [7, 11) is 0. The van der Waals surface area contributed by atoms with Crippen LogP contribution in [0.5, 0.6) is 11.5 Å². The normalized spacial score (nSPS) is 27.1. The van der Waals surface area contributed by atoms with Gasteiger partial charge in [0, 0.05) is 12.5 Å². The van der Waals surface area contributed by atoms with E-state index in [-0.39, 0.29) is 24.2 Å². The minimum atomic E-state index is 0. The molecule has 0 radical (unpaired) electrons. The molecule has 2 fully saturated rings. The third kappa shape index (κ3) is 4.39. The lowest BCUT2D eigenvalue weighted by Gasteiger charge is -2.22. The summed E-state index contributed by atoms with van der Waals surface area (Å²) in [6.07, 6.45) is 4.57. The molecule has 25 heavy (non-hydrogen) atoms. The van der Waals surface area contributed by atoms with Gasteiger partial charge in [0.1, 0.15) is 13.2 Å². The number of hydrogen-bond acceptors (Lipinski definition) is 4. The molecule has 1 amide bonds. The average Bonchev–Trinajstić information content (AvgIpc) is 3.43. The number of piperidine rings is 1. The maximum atomic E-state index is 12.3. The van der Waals surface area contributed by atoms with Crippen molar-refractivity contribution in [3.05, 3.63) is 23.8 Å². The van der Waals surface area contributed by atoms with E-state index < -0.39 is 0 Å². The first kappa shape index (κ1) is 18.3. The zero-order valence-electron chi connectivity index (χ0n) is 14.5. The molecule has 4 rings (SSSR count). The van der Waals surface area contributed by atoms with Crippen LogP contribution in [0, 0.1) is 11.8 Å². The molecule has 6 heteroatoms. The van der Waals surface area contributed by atoms with Crippen LogP contribution in [0.15, 0.2) is 18.2 Å². The Labute approximate surface area is 155 Å².